The smallest absolute Gasteiger partial charge is 0.297 e. The van der Waals surface area contributed by atoms with Crippen LogP contribution in [0.1, 0.15) is 27.3 Å². The van der Waals surface area contributed by atoms with Crippen LogP contribution in [0.25, 0.3) is 23.1 Å². The topological polar surface area (TPSA) is 89.9 Å². The fraction of sp³-hybridized carbons (Fsp3) is 0.227. The number of aryl methyl sites for hydroxylation is 2. The SMILES string of the molecule is Cc1ccc(-c2noc(-c3nc(C)n(Cc4cccc(C(=O)N(C)C)c4)n3)n2)cc1. The van der Waals surface area contributed by atoms with Gasteiger partial charge in [-0.05, 0) is 31.5 Å². The van der Waals surface area contributed by atoms with Gasteiger partial charge in [0.2, 0.25) is 11.6 Å². The highest BCUT2D eigenvalue weighted by molar-refractivity contribution is 5.94. The Morgan fingerprint density at radius 3 is 2.53 bits per heavy atom. The minimum Gasteiger partial charge on any atom is -0.345 e. The molecule has 30 heavy (non-hydrogen) atoms. The standard InChI is InChI=1S/C22H22N6O2/c1-14-8-10-17(11-9-14)19-24-21(30-26-19)20-23-15(2)28(25-20)13-16-6-5-7-18(12-16)22(29)27(3)4/h5-12H,13H2,1-4H3. The summed E-state index contributed by atoms with van der Waals surface area (Å²) in [7, 11) is 3.47. The molecule has 1 amide bonds. The Labute approximate surface area is 174 Å². The minimum absolute atomic E-state index is 0.0395. The van der Waals surface area contributed by atoms with Crippen LogP contribution in [0, 0.1) is 13.8 Å². The van der Waals surface area contributed by atoms with Crippen LogP contribution in [-0.4, -0.2) is 49.8 Å². The van der Waals surface area contributed by atoms with Crippen LogP contribution in [0.4, 0.5) is 0 Å². The summed E-state index contributed by atoms with van der Waals surface area (Å²) in [5.74, 6) is 1.81. The molecule has 0 N–H and O–H groups in total. The summed E-state index contributed by atoms with van der Waals surface area (Å²) in [5.41, 5.74) is 3.62. The lowest BCUT2D eigenvalue weighted by Gasteiger charge is -2.11. The van der Waals surface area contributed by atoms with Crippen molar-refractivity contribution in [2.24, 2.45) is 0 Å². The van der Waals surface area contributed by atoms with Gasteiger partial charge in [-0.25, -0.2) is 9.67 Å². The first-order valence-electron chi connectivity index (χ1n) is 9.54. The van der Waals surface area contributed by atoms with E-state index in [0.717, 1.165) is 16.7 Å². The van der Waals surface area contributed by atoms with Crippen molar-refractivity contribution in [3.05, 3.63) is 71.0 Å². The average Bonchev–Trinajstić information content (AvgIpc) is 3.35. The number of benzene rings is 2. The van der Waals surface area contributed by atoms with Crippen molar-refractivity contribution in [2.75, 3.05) is 14.1 Å². The maximum absolute atomic E-state index is 12.2. The molecule has 0 bridgehead atoms. The van der Waals surface area contributed by atoms with Gasteiger partial charge in [-0.3, -0.25) is 4.79 Å². The second kappa shape index (κ2) is 7.90. The molecule has 0 unspecified atom stereocenters. The molecule has 8 heteroatoms. The van der Waals surface area contributed by atoms with E-state index in [9.17, 15) is 4.79 Å². The molecule has 152 valence electrons. The Bertz CT molecular complexity index is 1190. The number of hydrogen-bond acceptors (Lipinski definition) is 6. The van der Waals surface area contributed by atoms with E-state index < -0.39 is 0 Å². The van der Waals surface area contributed by atoms with Crippen molar-refractivity contribution in [1.82, 2.24) is 29.8 Å². The molecule has 0 spiro atoms. The van der Waals surface area contributed by atoms with Crippen LogP contribution in [0.5, 0.6) is 0 Å². The maximum atomic E-state index is 12.2. The van der Waals surface area contributed by atoms with Gasteiger partial charge in [-0.1, -0.05) is 47.1 Å². The molecule has 0 radical (unpaired) electrons. The third kappa shape index (κ3) is 3.98. The third-order valence-corrected chi connectivity index (χ3v) is 4.70. The highest BCUT2D eigenvalue weighted by Crippen LogP contribution is 2.21. The van der Waals surface area contributed by atoms with Gasteiger partial charge in [0.05, 0.1) is 6.54 Å². The summed E-state index contributed by atoms with van der Waals surface area (Å²) in [6, 6.07) is 15.4. The number of amides is 1. The summed E-state index contributed by atoms with van der Waals surface area (Å²) in [6.45, 7) is 4.37. The van der Waals surface area contributed by atoms with Crippen LogP contribution < -0.4 is 0 Å². The number of hydrogen-bond donors (Lipinski definition) is 0. The first-order chi connectivity index (χ1) is 14.4. The van der Waals surface area contributed by atoms with E-state index in [4.69, 9.17) is 4.52 Å². The first-order valence-corrected chi connectivity index (χ1v) is 9.54. The van der Waals surface area contributed by atoms with Gasteiger partial charge >= 0.3 is 0 Å². The Hall–Kier alpha value is -3.81. The maximum Gasteiger partial charge on any atom is 0.297 e. The zero-order valence-corrected chi connectivity index (χ0v) is 17.3. The minimum atomic E-state index is -0.0395. The molecule has 0 saturated carbocycles. The Balaban J connectivity index is 1.57. The third-order valence-electron chi connectivity index (χ3n) is 4.70. The summed E-state index contributed by atoms with van der Waals surface area (Å²) < 4.78 is 7.14. The predicted octanol–water partition coefficient (Wildman–Crippen LogP) is 3.36. The van der Waals surface area contributed by atoms with Gasteiger partial charge in [0.25, 0.3) is 11.8 Å². The molecule has 2 aromatic heterocycles. The van der Waals surface area contributed by atoms with Crippen molar-refractivity contribution < 1.29 is 9.32 Å². The van der Waals surface area contributed by atoms with Gasteiger partial charge in [0.15, 0.2) is 0 Å². The fourth-order valence-corrected chi connectivity index (χ4v) is 3.03. The van der Waals surface area contributed by atoms with Crippen molar-refractivity contribution >= 4 is 5.91 Å². The average molecular weight is 402 g/mol. The van der Waals surface area contributed by atoms with Crippen molar-refractivity contribution in [3.63, 3.8) is 0 Å². The molecule has 0 atom stereocenters. The molecule has 0 aliphatic carbocycles. The largest absolute Gasteiger partial charge is 0.345 e. The number of carbonyl (C=O) groups is 1. The van der Waals surface area contributed by atoms with Crippen LogP contribution in [0.2, 0.25) is 0 Å². The van der Waals surface area contributed by atoms with Gasteiger partial charge < -0.3 is 9.42 Å². The summed E-state index contributed by atoms with van der Waals surface area (Å²) >= 11 is 0. The van der Waals surface area contributed by atoms with Gasteiger partial charge in [0, 0.05) is 25.2 Å². The number of aromatic nitrogens is 5. The number of rotatable bonds is 5. The molecular weight excluding hydrogens is 380 g/mol. The molecule has 0 aliphatic rings. The molecule has 4 aromatic rings. The van der Waals surface area contributed by atoms with Crippen LogP contribution in [0.3, 0.4) is 0 Å². The number of carbonyl (C=O) groups excluding carboxylic acids is 1. The van der Waals surface area contributed by atoms with Gasteiger partial charge in [0.1, 0.15) is 5.82 Å². The second-order valence-electron chi connectivity index (χ2n) is 7.33. The van der Waals surface area contributed by atoms with E-state index in [0.29, 0.717) is 29.6 Å². The molecule has 2 heterocycles. The first kappa shape index (κ1) is 19.5. The number of nitrogens with zero attached hydrogens (tertiary/aromatic N) is 6. The lowest BCUT2D eigenvalue weighted by atomic mass is 10.1. The molecule has 0 aliphatic heterocycles. The van der Waals surface area contributed by atoms with E-state index in [-0.39, 0.29) is 11.8 Å². The second-order valence-corrected chi connectivity index (χ2v) is 7.33. The van der Waals surface area contributed by atoms with Gasteiger partial charge in [-0.15, -0.1) is 5.10 Å². The normalized spacial score (nSPS) is 10.9. The molecule has 2 aromatic carbocycles. The van der Waals surface area contributed by atoms with Crippen LogP contribution in [0.15, 0.2) is 53.1 Å². The molecule has 8 nitrogen and oxygen atoms in total. The van der Waals surface area contributed by atoms with Crippen molar-refractivity contribution in [3.8, 4) is 23.1 Å². The van der Waals surface area contributed by atoms with Crippen LogP contribution in [-0.2, 0) is 6.54 Å². The lowest BCUT2D eigenvalue weighted by molar-refractivity contribution is 0.0827. The zero-order chi connectivity index (χ0) is 21.3. The molecule has 0 saturated heterocycles. The Morgan fingerprint density at radius 1 is 1.03 bits per heavy atom. The summed E-state index contributed by atoms with van der Waals surface area (Å²) in [6.07, 6.45) is 0. The fourth-order valence-electron chi connectivity index (χ4n) is 3.03. The van der Waals surface area contributed by atoms with E-state index in [1.54, 1.807) is 29.7 Å². The van der Waals surface area contributed by atoms with E-state index in [1.807, 2.05) is 56.3 Å². The molecule has 0 fully saturated rings. The lowest BCUT2D eigenvalue weighted by Crippen LogP contribution is -2.21. The highest BCUT2D eigenvalue weighted by atomic mass is 16.5. The van der Waals surface area contributed by atoms with E-state index >= 15 is 0 Å². The highest BCUT2D eigenvalue weighted by Gasteiger charge is 2.17. The molecular formula is C22H22N6O2. The zero-order valence-electron chi connectivity index (χ0n) is 17.3. The quantitative estimate of drug-likeness (QED) is 0.508. The molecule has 4 rings (SSSR count). The Kier molecular flexibility index (Phi) is 5.14. The van der Waals surface area contributed by atoms with E-state index in [2.05, 4.69) is 20.2 Å². The predicted molar refractivity (Wildman–Crippen MR) is 112 cm³/mol. The Morgan fingerprint density at radius 2 is 1.80 bits per heavy atom. The van der Waals surface area contributed by atoms with E-state index in [1.165, 1.54) is 0 Å². The van der Waals surface area contributed by atoms with Crippen molar-refractivity contribution in [2.45, 2.75) is 20.4 Å². The monoisotopic (exact) mass is 402 g/mol. The summed E-state index contributed by atoms with van der Waals surface area (Å²) in [4.78, 5) is 22.7. The van der Waals surface area contributed by atoms with Crippen molar-refractivity contribution in [1.29, 1.82) is 0 Å². The summed E-state index contributed by atoms with van der Waals surface area (Å²) in [5, 5.41) is 8.57. The van der Waals surface area contributed by atoms with Crippen LogP contribution >= 0.6 is 0 Å². The van der Waals surface area contributed by atoms with Gasteiger partial charge in [-0.2, -0.15) is 4.98 Å².